The molecule has 1 aliphatic heterocycles. The number of sulfonamides is 1. The summed E-state index contributed by atoms with van der Waals surface area (Å²) in [5.41, 5.74) is 3.58. The second-order valence-corrected chi connectivity index (χ2v) is 6.99. The number of carbonyl (C=O) groups excluding carboxylic acids is 2. The number of nitrogens with zero attached hydrogens (tertiary/aromatic N) is 1. The molecule has 0 bridgehead atoms. The Morgan fingerprint density at radius 3 is 2.52 bits per heavy atom. The van der Waals surface area contributed by atoms with Crippen molar-refractivity contribution in [2.24, 2.45) is 0 Å². The zero-order valence-corrected chi connectivity index (χ0v) is 12.2. The summed E-state index contributed by atoms with van der Waals surface area (Å²) in [5, 5.41) is 2.07. The van der Waals surface area contributed by atoms with Gasteiger partial charge >= 0.3 is 0 Å². The molecule has 1 heterocycles. The van der Waals surface area contributed by atoms with Crippen molar-refractivity contribution in [3.05, 3.63) is 24.0 Å². The quantitative estimate of drug-likeness (QED) is 0.582. The highest BCUT2D eigenvalue weighted by atomic mass is 32.2. The molecule has 21 heavy (non-hydrogen) atoms. The van der Waals surface area contributed by atoms with E-state index in [9.17, 15) is 22.4 Å². The highest BCUT2D eigenvalue weighted by Gasteiger charge is 2.47. The van der Waals surface area contributed by atoms with Gasteiger partial charge in [-0.2, -0.15) is 4.31 Å². The molecule has 0 saturated carbocycles. The molecule has 1 saturated heterocycles. The first-order valence-electron chi connectivity index (χ1n) is 5.99. The highest BCUT2D eigenvalue weighted by Crippen LogP contribution is 2.28. The van der Waals surface area contributed by atoms with Gasteiger partial charge in [0.25, 0.3) is 0 Å². The summed E-state index contributed by atoms with van der Waals surface area (Å²) in [6.45, 7) is 2.25. The number of carbonyl (C=O) groups is 2. The van der Waals surface area contributed by atoms with Crippen LogP contribution < -0.4 is 11.1 Å². The number of nitrogens with one attached hydrogen (secondary N) is 1. The molecule has 0 radical (unpaired) electrons. The molecule has 1 aromatic carbocycles. The van der Waals surface area contributed by atoms with Crippen LogP contribution in [0.5, 0.6) is 0 Å². The van der Waals surface area contributed by atoms with Gasteiger partial charge in [0, 0.05) is 0 Å². The third-order valence-corrected chi connectivity index (χ3v) is 5.29. The molecule has 1 fully saturated rings. The van der Waals surface area contributed by atoms with Crippen LogP contribution in [0.25, 0.3) is 0 Å². The number of nitrogens with two attached hydrogens (primary N) is 1. The van der Waals surface area contributed by atoms with Gasteiger partial charge in [0.1, 0.15) is 11.4 Å². The summed E-state index contributed by atoms with van der Waals surface area (Å²) < 4.78 is 39.1. The Balaban J connectivity index is 2.53. The van der Waals surface area contributed by atoms with E-state index in [1.165, 1.54) is 13.8 Å². The first kappa shape index (κ1) is 15.4. The Kier molecular flexibility index (Phi) is 3.50. The Labute approximate surface area is 121 Å². The molecule has 9 heteroatoms. The first-order valence-corrected chi connectivity index (χ1v) is 7.43. The van der Waals surface area contributed by atoms with Crippen molar-refractivity contribution >= 4 is 27.5 Å². The summed E-state index contributed by atoms with van der Waals surface area (Å²) in [6.07, 6.45) is 0. The van der Waals surface area contributed by atoms with Gasteiger partial charge in [-0.3, -0.25) is 14.9 Å². The number of nitrogen functional groups attached to an aromatic ring is 1. The van der Waals surface area contributed by atoms with Crippen LogP contribution in [-0.4, -0.2) is 36.6 Å². The predicted molar refractivity (Wildman–Crippen MR) is 71.9 cm³/mol. The largest absolute Gasteiger partial charge is 0.396 e. The molecule has 0 spiro atoms. The minimum absolute atomic E-state index is 0.281. The number of hydrogen-bond acceptors (Lipinski definition) is 5. The van der Waals surface area contributed by atoms with Crippen molar-refractivity contribution < 1.29 is 22.4 Å². The molecule has 0 atom stereocenters. The van der Waals surface area contributed by atoms with Crippen molar-refractivity contribution in [2.75, 3.05) is 12.3 Å². The lowest BCUT2D eigenvalue weighted by Crippen LogP contribution is -2.65. The lowest BCUT2D eigenvalue weighted by Gasteiger charge is -2.38. The van der Waals surface area contributed by atoms with E-state index in [1.807, 2.05) is 0 Å². The maximum absolute atomic E-state index is 13.2. The van der Waals surface area contributed by atoms with Crippen molar-refractivity contribution in [1.82, 2.24) is 9.62 Å². The monoisotopic (exact) mass is 315 g/mol. The van der Waals surface area contributed by atoms with Crippen LogP contribution in [-0.2, 0) is 19.6 Å². The second-order valence-electron chi connectivity index (χ2n) is 5.13. The third-order valence-electron chi connectivity index (χ3n) is 3.27. The van der Waals surface area contributed by atoms with Crippen LogP contribution in [0, 0.1) is 5.82 Å². The molecule has 0 aliphatic carbocycles. The highest BCUT2D eigenvalue weighted by molar-refractivity contribution is 7.89. The van der Waals surface area contributed by atoms with Gasteiger partial charge < -0.3 is 5.73 Å². The Bertz CT molecular complexity index is 730. The molecule has 1 aliphatic rings. The maximum Gasteiger partial charge on any atom is 0.247 e. The van der Waals surface area contributed by atoms with E-state index in [4.69, 9.17) is 5.73 Å². The van der Waals surface area contributed by atoms with Crippen LogP contribution in [0.3, 0.4) is 0 Å². The number of halogens is 1. The van der Waals surface area contributed by atoms with Gasteiger partial charge in [-0.25, -0.2) is 12.8 Å². The molecule has 0 aromatic heterocycles. The van der Waals surface area contributed by atoms with Crippen LogP contribution in [0.1, 0.15) is 13.8 Å². The van der Waals surface area contributed by atoms with Crippen molar-refractivity contribution in [1.29, 1.82) is 0 Å². The van der Waals surface area contributed by atoms with E-state index >= 15 is 0 Å². The minimum Gasteiger partial charge on any atom is -0.396 e. The predicted octanol–water partition coefficient (Wildman–Crippen LogP) is -0.166. The fraction of sp³-hybridized carbons (Fsp3) is 0.333. The summed E-state index contributed by atoms with van der Waals surface area (Å²) >= 11 is 0. The van der Waals surface area contributed by atoms with E-state index in [-0.39, 0.29) is 10.6 Å². The smallest absolute Gasteiger partial charge is 0.247 e. The van der Waals surface area contributed by atoms with Crippen LogP contribution in [0.4, 0.5) is 10.1 Å². The Morgan fingerprint density at radius 1 is 1.33 bits per heavy atom. The van der Waals surface area contributed by atoms with Gasteiger partial charge in [-0.15, -0.1) is 0 Å². The number of piperazine rings is 1. The SMILES string of the molecule is CC1(C)C(=O)NC(=O)CN1S(=O)(=O)c1ccc(F)c(N)c1. The molecule has 2 rings (SSSR count). The van der Waals surface area contributed by atoms with E-state index < -0.39 is 39.7 Å². The van der Waals surface area contributed by atoms with Crippen molar-refractivity contribution in [2.45, 2.75) is 24.3 Å². The van der Waals surface area contributed by atoms with Crippen LogP contribution in [0.15, 0.2) is 23.1 Å². The zero-order valence-electron chi connectivity index (χ0n) is 11.4. The van der Waals surface area contributed by atoms with Gasteiger partial charge in [-0.1, -0.05) is 0 Å². The fourth-order valence-corrected chi connectivity index (χ4v) is 3.70. The fourth-order valence-electron chi connectivity index (χ4n) is 1.96. The molecule has 1 aromatic rings. The number of rotatable bonds is 2. The van der Waals surface area contributed by atoms with Gasteiger partial charge in [0.2, 0.25) is 21.8 Å². The zero-order chi connectivity index (χ0) is 16.0. The third kappa shape index (κ3) is 2.49. The standard InChI is InChI=1S/C12H14FN3O4S/c1-12(2)11(18)15-10(17)6-16(12)21(19,20)7-3-4-8(13)9(14)5-7/h3-5H,6,14H2,1-2H3,(H,15,17,18). The van der Waals surface area contributed by atoms with Crippen molar-refractivity contribution in [3.8, 4) is 0 Å². The van der Waals surface area contributed by atoms with Crippen LogP contribution >= 0.6 is 0 Å². The maximum atomic E-state index is 13.2. The summed E-state index contributed by atoms with van der Waals surface area (Å²) in [4.78, 5) is 23.0. The molecular formula is C12H14FN3O4S. The van der Waals surface area contributed by atoms with Gasteiger partial charge in [0.05, 0.1) is 17.1 Å². The summed E-state index contributed by atoms with van der Waals surface area (Å²) in [7, 11) is -4.17. The number of amides is 2. The second kappa shape index (κ2) is 4.78. The molecule has 0 unspecified atom stereocenters. The molecule has 3 N–H and O–H groups in total. The number of anilines is 1. The Morgan fingerprint density at radius 2 is 1.95 bits per heavy atom. The minimum atomic E-state index is -4.17. The molecular weight excluding hydrogens is 301 g/mol. The number of imide groups is 1. The first-order chi connectivity index (χ1) is 9.56. The average molecular weight is 315 g/mol. The van der Waals surface area contributed by atoms with Crippen molar-refractivity contribution in [3.63, 3.8) is 0 Å². The van der Waals surface area contributed by atoms with E-state index in [0.717, 1.165) is 22.5 Å². The molecule has 114 valence electrons. The van der Waals surface area contributed by atoms with E-state index in [1.54, 1.807) is 0 Å². The van der Waals surface area contributed by atoms with E-state index in [2.05, 4.69) is 5.32 Å². The Hall–Kier alpha value is -2.00. The number of hydrogen-bond donors (Lipinski definition) is 2. The normalized spacial score (nSPS) is 19.4. The summed E-state index contributed by atoms with van der Waals surface area (Å²) in [5.74, 6) is -2.20. The average Bonchev–Trinajstić information content (AvgIpc) is 2.37. The van der Waals surface area contributed by atoms with Gasteiger partial charge in [-0.05, 0) is 32.0 Å². The van der Waals surface area contributed by atoms with Crippen LogP contribution in [0.2, 0.25) is 0 Å². The lowest BCUT2D eigenvalue weighted by molar-refractivity contribution is -0.141. The summed E-state index contributed by atoms with van der Waals surface area (Å²) in [6, 6.07) is 2.91. The van der Waals surface area contributed by atoms with Gasteiger partial charge in [0.15, 0.2) is 0 Å². The number of benzene rings is 1. The molecule has 7 nitrogen and oxygen atoms in total. The van der Waals surface area contributed by atoms with E-state index in [0.29, 0.717) is 0 Å². The lowest BCUT2D eigenvalue weighted by atomic mass is 10.0. The molecule has 2 amide bonds. The topological polar surface area (TPSA) is 110 Å².